The van der Waals surface area contributed by atoms with E-state index in [4.69, 9.17) is 5.21 Å². The zero-order chi connectivity index (χ0) is 19.8. The van der Waals surface area contributed by atoms with Crippen molar-refractivity contribution in [3.63, 3.8) is 0 Å². The smallest absolute Gasteiger partial charge is 0.267 e. The third kappa shape index (κ3) is 6.55. The van der Waals surface area contributed by atoms with Crippen LogP contribution in [0, 0.1) is 0 Å². The van der Waals surface area contributed by atoms with E-state index >= 15 is 0 Å². The van der Waals surface area contributed by atoms with Crippen molar-refractivity contribution in [3.05, 3.63) is 77.6 Å². The second kappa shape index (κ2) is 11.1. The molecule has 0 aliphatic carbocycles. The van der Waals surface area contributed by atoms with Gasteiger partial charge >= 0.3 is 0 Å². The number of carbonyl (C=O) groups is 2. The number of nitrogens with one attached hydrogen (secondary N) is 1. The minimum atomic E-state index is -0.629. The molecule has 0 bridgehead atoms. The summed E-state index contributed by atoms with van der Waals surface area (Å²) < 4.78 is 0. The normalized spacial score (nSPS) is 16.6. The number of likely N-dealkylation sites (tertiary alicyclic amines) is 1. The van der Waals surface area contributed by atoms with Crippen molar-refractivity contribution in [3.8, 4) is 0 Å². The molecule has 3 rings (SSSR count). The van der Waals surface area contributed by atoms with Crippen molar-refractivity contribution < 1.29 is 14.8 Å². The predicted octanol–water partition coefficient (Wildman–Crippen LogP) is 3.44. The molecule has 1 aromatic heterocycles. The van der Waals surface area contributed by atoms with E-state index in [-0.39, 0.29) is 18.3 Å². The Morgan fingerprint density at radius 2 is 1.72 bits per heavy atom. The van der Waals surface area contributed by atoms with E-state index in [1.54, 1.807) is 30.4 Å². The molecular formula is C22H24ClN3O3. The van der Waals surface area contributed by atoms with Gasteiger partial charge in [0.15, 0.2) is 0 Å². The molecule has 1 unspecified atom stereocenters. The molecular weight excluding hydrogens is 390 g/mol. The summed E-state index contributed by atoms with van der Waals surface area (Å²) in [5.41, 5.74) is 3.98. The molecule has 1 fully saturated rings. The molecule has 2 N–H and O–H groups in total. The van der Waals surface area contributed by atoms with Gasteiger partial charge in [0.1, 0.15) is 0 Å². The molecule has 2 amide bonds. The van der Waals surface area contributed by atoms with Crippen LogP contribution in [0.5, 0.6) is 0 Å². The summed E-state index contributed by atoms with van der Waals surface area (Å²) in [5.74, 6) is -0.282. The SMILES string of the molecule is Cl.O=C(C=Cc1cccc(C=CC(=O)N2CCCC(c3ccccc3)C2)n1)NO. The average Bonchev–Trinajstić information content (AvgIpc) is 2.76. The Hall–Kier alpha value is -2.96. The molecule has 1 aliphatic rings. The first-order valence-corrected chi connectivity index (χ1v) is 9.27. The van der Waals surface area contributed by atoms with E-state index in [0.29, 0.717) is 17.3 Å². The fourth-order valence-electron chi connectivity index (χ4n) is 3.29. The van der Waals surface area contributed by atoms with Crippen LogP contribution in [0.2, 0.25) is 0 Å². The number of rotatable bonds is 5. The van der Waals surface area contributed by atoms with Gasteiger partial charge in [0.2, 0.25) is 5.91 Å². The lowest BCUT2D eigenvalue weighted by Gasteiger charge is -2.32. The van der Waals surface area contributed by atoms with E-state index in [2.05, 4.69) is 17.1 Å². The third-order valence-corrected chi connectivity index (χ3v) is 4.71. The lowest BCUT2D eigenvalue weighted by atomic mass is 9.90. The number of benzene rings is 1. The van der Waals surface area contributed by atoms with Crippen LogP contribution in [0.4, 0.5) is 0 Å². The summed E-state index contributed by atoms with van der Waals surface area (Å²) in [6.45, 7) is 1.48. The molecule has 152 valence electrons. The van der Waals surface area contributed by atoms with Crippen molar-refractivity contribution >= 4 is 36.4 Å². The van der Waals surface area contributed by atoms with Crippen LogP contribution in [0.3, 0.4) is 0 Å². The largest absolute Gasteiger partial charge is 0.339 e. The molecule has 2 aromatic rings. The standard InChI is InChI=1S/C22H23N3O3.ClH/c26-21(24-28)13-11-19-9-4-10-20(23-19)12-14-22(27)25-15-5-8-18(16-25)17-6-2-1-3-7-17;/h1-4,6-7,9-14,18,28H,5,8,15-16H2,(H,24,26);1H. The van der Waals surface area contributed by atoms with Gasteiger partial charge in [0, 0.05) is 31.2 Å². The molecule has 0 radical (unpaired) electrons. The van der Waals surface area contributed by atoms with Gasteiger partial charge in [-0.25, -0.2) is 10.5 Å². The van der Waals surface area contributed by atoms with Crippen molar-refractivity contribution in [1.29, 1.82) is 0 Å². The van der Waals surface area contributed by atoms with Gasteiger partial charge in [-0.05, 0) is 42.7 Å². The van der Waals surface area contributed by atoms with E-state index in [0.717, 1.165) is 25.9 Å². The first-order valence-electron chi connectivity index (χ1n) is 9.27. The molecule has 29 heavy (non-hydrogen) atoms. The number of pyridine rings is 1. The molecule has 1 aliphatic heterocycles. The van der Waals surface area contributed by atoms with Gasteiger partial charge in [-0.3, -0.25) is 14.8 Å². The van der Waals surface area contributed by atoms with Crippen LogP contribution < -0.4 is 5.48 Å². The molecule has 2 heterocycles. The molecule has 6 nitrogen and oxygen atoms in total. The number of halogens is 1. The van der Waals surface area contributed by atoms with Crippen molar-refractivity contribution in [2.24, 2.45) is 0 Å². The van der Waals surface area contributed by atoms with Gasteiger partial charge in [0.05, 0.1) is 11.4 Å². The molecule has 1 aromatic carbocycles. The molecule has 0 spiro atoms. The van der Waals surface area contributed by atoms with Crippen LogP contribution in [0.1, 0.15) is 35.7 Å². The number of nitrogens with zero attached hydrogens (tertiary/aromatic N) is 2. The van der Waals surface area contributed by atoms with E-state index < -0.39 is 5.91 Å². The third-order valence-electron chi connectivity index (χ3n) is 4.71. The lowest BCUT2D eigenvalue weighted by molar-refractivity contribution is -0.127. The highest BCUT2D eigenvalue weighted by Crippen LogP contribution is 2.26. The molecule has 0 saturated carbocycles. The highest BCUT2D eigenvalue weighted by molar-refractivity contribution is 5.92. The summed E-state index contributed by atoms with van der Waals surface area (Å²) in [6.07, 6.45) is 7.97. The maximum absolute atomic E-state index is 12.6. The van der Waals surface area contributed by atoms with E-state index in [1.807, 2.05) is 23.1 Å². The Kier molecular flexibility index (Phi) is 8.58. The lowest BCUT2D eigenvalue weighted by Crippen LogP contribution is -2.38. The first-order chi connectivity index (χ1) is 13.7. The maximum atomic E-state index is 12.6. The van der Waals surface area contributed by atoms with Crippen LogP contribution in [0.25, 0.3) is 12.2 Å². The fraction of sp³-hybridized carbons (Fsp3) is 0.227. The summed E-state index contributed by atoms with van der Waals surface area (Å²) in [5, 5.41) is 8.50. The van der Waals surface area contributed by atoms with Crippen molar-refractivity contribution in [2.45, 2.75) is 18.8 Å². The van der Waals surface area contributed by atoms with Gasteiger partial charge in [-0.2, -0.15) is 0 Å². The minimum Gasteiger partial charge on any atom is -0.339 e. The molecule has 7 heteroatoms. The number of aromatic nitrogens is 1. The summed E-state index contributed by atoms with van der Waals surface area (Å²) >= 11 is 0. The fourth-order valence-corrected chi connectivity index (χ4v) is 3.29. The van der Waals surface area contributed by atoms with Crippen molar-refractivity contribution in [2.75, 3.05) is 13.1 Å². The van der Waals surface area contributed by atoms with Crippen LogP contribution >= 0.6 is 12.4 Å². The average molecular weight is 414 g/mol. The number of hydrogen-bond acceptors (Lipinski definition) is 4. The van der Waals surface area contributed by atoms with Gasteiger partial charge in [-0.1, -0.05) is 36.4 Å². The van der Waals surface area contributed by atoms with Gasteiger partial charge < -0.3 is 4.90 Å². The Morgan fingerprint density at radius 3 is 2.41 bits per heavy atom. The van der Waals surface area contributed by atoms with Crippen molar-refractivity contribution in [1.82, 2.24) is 15.4 Å². The highest BCUT2D eigenvalue weighted by atomic mass is 35.5. The zero-order valence-corrected chi connectivity index (χ0v) is 16.7. The number of hydroxylamine groups is 1. The zero-order valence-electron chi connectivity index (χ0n) is 15.9. The van der Waals surface area contributed by atoms with E-state index in [9.17, 15) is 9.59 Å². The quantitative estimate of drug-likeness (QED) is 0.447. The summed E-state index contributed by atoms with van der Waals surface area (Å²) in [4.78, 5) is 29.9. The first kappa shape index (κ1) is 22.3. The predicted molar refractivity (Wildman–Crippen MR) is 114 cm³/mol. The maximum Gasteiger partial charge on any atom is 0.267 e. The van der Waals surface area contributed by atoms with Crippen LogP contribution in [-0.4, -0.2) is 40.0 Å². The number of piperidine rings is 1. The summed E-state index contributed by atoms with van der Waals surface area (Å²) in [6, 6.07) is 15.6. The Balaban J connectivity index is 0.00000300. The second-order valence-electron chi connectivity index (χ2n) is 6.66. The van der Waals surface area contributed by atoms with Gasteiger partial charge in [-0.15, -0.1) is 12.4 Å². The monoisotopic (exact) mass is 413 g/mol. The Bertz CT molecular complexity index is 884. The number of hydrogen-bond donors (Lipinski definition) is 2. The van der Waals surface area contributed by atoms with Gasteiger partial charge in [0.25, 0.3) is 5.91 Å². The highest BCUT2D eigenvalue weighted by Gasteiger charge is 2.23. The second-order valence-corrected chi connectivity index (χ2v) is 6.66. The molecule has 1 saturated heterocycles. The van der Waals surface area contributed by atoms with Crippen LogP contribution in [0.15, 0.2) is 60.7 Å². The summed E-state index contributed by atoms with van der Waals surface area (Å²) in [7, 11) is 0. The molecule has 1 atom stereocenters. The van der Waals surface area contributed by atoms with E-state index in [1.165, 1.54) is 23.2 Å². The Labute approximate surface area is 176 Å². The van der Waals surface area contributed by atoms with Crippen LogP contribution in [-0.2, 0) is 9.59 Å². The Morgan fingerprint density at radius 1 is 1.03 bits per heavy atom. The number of carbonyl (C=O) groups excluding carboxylic acids is 2. The minimum absolute atomic E-state index is 0. The number of amides is 2. The topological polar surface area (TPSA) is 82.5 Å².